The number of halogens is 2. The normalized spacial score (nSPS) is 16.0. The Hall–Kier alpha value is -1.19. The lowest BCUT2D eigenvalue weighted by atomic mass is 10.1. The zero-order chi connectivity index (χ0) is 16.2. The van der Waals surface area contributed by atoms with Crippen LogP contribution in [0.5, 0.6) is 0 Å². The lowest BCUT2D eigenvalue weighted by molar-refractivity contribution is -0.136. The highest BCUT2D eigenvalue weighted by Crippen LogP contribution is 2.21. The van der Waals surface area contributed by atoms with E-state index in [-0.39, 0.29) is 36.6 Å². The molecule has 1 unspecified atom stereocenters. The Morgan fingerprint density at radius 3 is 2.68 bits per heavy atom. The summed E-state index contributed by atoms with van der Waals surface area (Å²) in [5.74, 6) is 1.29. The molecule has 1 aliphatic heterocycles. The molecule has 3 rings (SSSR count). The fourth-order valence-electron chi connectivity index (χ4n) is 2.56. The van der Waals surface area contributed by atoms with Gasteiger partial charge in [-0.25, -0.2) is 0 Å². The van der Waals surface area contributed by atoms with Crippen molar-refractivity contribution >= 4 is 42.1 Å². The molecule has 0 aromatic carbocycles. The highest BCUT2D eigenvalue weighted by Gasteiger charge is 2.25. The van der Waals surface area contributed by atoms with Crippen molar-refractivity contribution in [3.63, 3.8) is 0 Å². The van der Waals surface area contributed by atoms with Gasteiger partial charge in [-0.15, -0.1) is 36.2 Å². The van der Waals surface area contributed by atoms with E-state index in [9.17, 15) is 4.79 Å². The number of rotatable bonds is 5. The van der Waals surface area contributed by atoms with E-state index in [1.807, 2.05) is 29.3 Å². The van der Waals surface area contributed by atoms with E-state index in [4.69, 9.17) is 10.3 Å². The van der Waals surface area contributed by atoms with Gasteiger partial charge in [-0.3, -0.25) is 9.69 Å². The largest absolute Gasteiger partial charge is 0.340 e. The standard InChI is InChI=1S/C15H21N5O2S.2ClH/c1-11(9-16)15(21)20-6-4-19(5-7-20)10-13-17-14(18-22-13)12-3-2-8-23-12;;/h2-3,8,11H,4-7,9-10,16H2,1H3;2*1H. The van der Waals surface area contributed by atoms with Crippen LogP contribution in [-0.4, -0.2) is 58.6 Å². The van der Waals surface area contributed by atoms with Crippen LogP contribution < -0.4 is 5.73 Å². The molecule has 7 nitrogen and oxygen atoms in total. The molecule has 2 aromatic rings. The van der Waals surface area contributed by atoms with Crippen LogP contribution in [0.1, 0.15) is 12.8 Å². The van der Waals surface area contributed by atoms with Crippen LogP contribution in [0, 0.1) is 5.92 Å². The first kappa shape index (κ1) is 21.9. The number of nitrogens with zero attached hydrogens (tertiary/aromatic N) is 4. The summed E-state index contributed by atoms with van der Waals surface area (Å²) in [6.45, 7) is 5.93. The number of piperazine rings is 1. The summed E-state index contributed by atoms with van der Waals surface area (Å²) >= 11 is 1.59. The predicted octanol–water partition coefficient (Wildman–Crippen LogP) is 1.88. The zero-order valence-electron chi connectivity index (χ0n) is 14.0. The molecule has 10 heteroatoms. The van der Waals surface area contributed by atoms with Gasteiger partial charge in [0.2, 0.25) is 17.6 Å². The van der Waals surface area contributed by atoms with Crippen molar-refractivity contribution in [1.29, 1.82) is 0 Å². The molecule has 2 aromatic heterocycles. The minimum atomic E-state index is -0.106. The van der Waals surface area contributed by atoms with Crippen molar-refractivity contribution in [3.8, 4) is 10.7 Å². The first-order chi connectivity index (χ1) is 11.2. The average Bonchev–Trinajstić information content (AvgIpc) is 3.25. The molecule has 1 atom stereocenters. The maximum absolute atomic E-state index is 12.1. The number of thiophene rings is 1. The second-order valence-electron chi connectivity index (χ2n) is 5.73. The SMILES string of the molecule is CC(CN)C(=O)N1CCN(Cc2nc(-c3cccs3)no2)CC1.Cl.Cl. The molecule has 140 valence electrons. The number of nitrogens with two attached hydrogens (primary N) is 1. The van der Waals surface area contributed by atoms with Crippen molar-refractivity contribution in [3.05, 3.63) is 23.4 Å². The van der Waals surface area contributed by atoms with Gasteiger partial charge in [0.05, 0.1) is 11.4 Å². The summed E-state index contributed by atoms with van der Waals surface area (Å²) in [6, 6.07) is 3.94. The smallest absolute Gasteiger partial charge is 0.241 e. The van der Waals surface area contributed by atoms with E-state index >= 15 is 0 Å². The van der Waals surface area contributed by atoms with Gasteiger partial charge in [-0.05, 0) is 11.4 Å². The summed E-state index contributed by atoms with van der Waals surface area (Å²) in [4.78, 5) is 21.7. The Labute approximate surface area is 163 Å². The molecule has 1 saturated heterocycles. The molecule has 0 radical (unpaired) electrons. The van der Waals surface area contributed by atoms with Crippen molar-refractivity contribution in [2.24, 2.45) is 11.7 Å². The van der Waals surface area contributed by atoms with E-state index in [1.165, 1.54) is 0 Å². The predicted molar refractivity (Wildman–Crippen MR) is 102 cm³/mol. The van der Waals surface area contributed by atoms with E-state index in [1.54, 1.807) is 11.3 Å². The monoisotopic (exact) mass is 407 g/mol. The molecular formula is C15H23Cl2N5O2S. The quantitative estimate of drug-likeness (QED) is 0.813. The molecule has 1 aliphatic rings. The lowest BCUT2D eigenvalue weighted by Crippen LogP contribution is -2.50. The molecule has 3 heterocycles. The van der Waals surface area contributed by atoms with Gasteiger partial charge < -0.3 is 15.2 Å². The van der Waals surface area contributed by atoms with Crippen LogP contribution >= 0.6 is 36.2 Å². The number of hydrogen-bond donors (Lipinski definition) is 1. The third-order valence-electron chi connectivity index (χ3n) is 4.03. The summed E-state index contributed by atoms with van der Waals surface area (Å²) in [6.07, 6.45) is 0. The van der Waals surface area contributed by atoms with Crippen molar-refractivity contribution < 1.29 is 9.32 Å². The Morgan fingerprint density at radius 2 is 2.08 bits per heavy atom. The fourth-order valence-corrected chi connectivity index (χ4v) is 3.20. The highest BCUT2D eigenvalue weighted by atomic mass is 35.5. The molecular weight excluding hydrogens is 385 g/mol. The molecule has 1 amide bonds. The first-order valence-corrected chi connectivity index (χ1v) is 8.63. The maximum Gasteiger partial charge on any atom is 0.241 e. The second-order valence-corrected chi connectivity index (χ2v) is 6.67. The molecule has 0 aliphatic carbocycles. The van der Waals surface area contributed by atoms with Gasteiger partial charge in [0.15, 0.2) is 0 Å². The average molecular weight is 408 g/mol. The number of carbonyl (C=O) groups is 1. The minimum absolute atomic E-state index is 0. The molecule has 0 saturated carbocycles. The van der Waals surface area contributed by atoms with Crippen LogP contribution in [-0.2, 0) is 11.3 Å². The van der Waals surface area contributed by atoms with Gasteiger partial charge in [0, 0.05) is 38.6 Å². The summed E-state index contributed by atoms with van der Waals surface area (Å²) in [5, 5.41) is 6.01. The summed E-state index contributed by atoms with van der Waals surface area (Å²) in [7, 11) is 0. The van der Waals surface area contributed by atoms with Gasteiger partial charge >= 0.3 is 0 Å². The highest BCUT2D eigenvalue weighted by molar-refractivity contribution is 7.13. The third kappa shape index (κ3) is 5.39. The van der Waals surface area contributed by atoms with Gasteiger partial charge in [0.1, 0.15) is 0 Å². The van der Waals surface area contributed by atoms with Crippen LogP contribution in [0.15, 0.2) is 22.0 Å². The topological polar surface area (TPSA) is 88.5 Å². The zero-order valence-corrected chi connectivity index (χ0v) is 16.4. The van der Waals surface area contributed by atoms with Crippen LogP contribution in [0.25, 0.3) is 10.7 Å². The number of carbonyl (C=O) groups excluding carboxylic acids is 1. The van der Waals surface area contributed by atoms with Crippen molar-refractivity contribution in [2.75, 3.05) is 32.7 Å². The van der Waals surface area contributed by atoms with Crippen molar-refractivity contribution in [1.82, 2.24) is 19.9 Å². The van der Waals surface area contributed by atoms with E-state index in [2.05, 4.69) is 15.0 Å². The van der Waals surface area contributed by atoms with Crippen LogP contribution in [0.3, 0.4) is 0 Å². The Bertz CT molecular complexity index is 644. The van der Waals surface area contributed by atoms with E-state index in [0.29, 0.717) is 24.8 Å². The first-order valence-electron chi connectivity index (χ1n) is 7.75. The number of hydrogen-bond acceptors (Lipinski definition) is 7. The third-order valence-corrected chi connectivity index (χ3v) is 4.89. The van der Waals surface area contributed by atoms with E-state index in [0.717, 1.165) is 31.1 Å². The molecule has 1 fully saturated rings. The molecule has 2 N–H and O–H groups in total. The van der Waals surface area contributed by atoms with Gasteiger partial charge in [0.25, 0.3) is 0 Å². The number of amides is 1. The van der Waals surface area contributed by atoms with Crippen molar-refractivity contribution in [2.45, 2.75) is 13.5 Å². The van der Waals surface area contributed by atoms with Gasteiger partial charge in [-0.1, -0.05) is 18.1 Å². The molecule has 0 spiro atoms. The molecule has 0 bridgehead atoms. The Morgan fingerprint density at radius 1 is 1.36 bits per heavy atom. The second kappa shape index (κ2) is 10.1. The van der Waals surface area contributed by atoms with Gasteiger partial charge in [-0.2, -0.15) is 4.98 Å². The Kier molecular flexibility index (Phi) is 8.81. The number of aromatic nitrogens is 2. The maximum atomic E-state index is 12.1. The minimum Gasteiger partial charge on any atom is -0.340 e. The summed E-state index contributed by atoms with van der Waals surface area (Å²) in [5.41, 5.74) is 5.57. The lowest BCUT2D eigenvalue weighted by Gasteiger charge is -2.35. The summed E-state index contributed by atoms with van der Waals surface area (Å²) < 4.78 is 5.33. The molecule has 25 heavy (non-hydrogen) atoms. The van der Waals surface area contributed by atoms with E-state index < -0.39 is 0 Å². The van der Waals surface area contributed by atoms with Crippen LogP contribution in [0.4, 0.5) is 0 Å². The van der Waals surface area contributed by atoms with Crippen LogP contribution in [0.2, 0.25) is 0 Å². The fraction of sp³-hybridized carbons (Fsp3) is 0.533. The Balaban J connectivity index is 0.00000156.